The molecule has 2 fully saturated rings. The summed E-state index contributed by atoms with van der Waals surface area (Å²) in [5.74, 6) is -5.22. The van der Waals surface area contributed by atoms with Crippen LogP contribution in [-0.4, -0.2) is 181 Å². The summed E-state index contributed by atoms with van der Waals surface area (Å²) in [5.41, 5.74) is 4.37. The van der Waals surface area contributed by atoms with Gasteiger partial charge in [-0.05, 0) is 94.1 Å². The number of carboxylic acids is 1. The number of hydroxylamine groups is 1. The zero-order chi connectivity index (χ0) is 61.7. The molecule has 2 heterocycles. The van der Waals surface area contributed by atoms with Gasteiger partial charge in [-0.2, -0.15) is 0 Å². The van der Waals surface area contributed by atoms with E-state index in [0.29, 0.717) is 63.0 Å². The maximum absolute atomic E-state index is 14.5. The number of hydrogen-bond donors (Lipinski definition) is 6. The Morgan fingerprint density at radius 3 is 1.93 bits per heavy atom. The molecule has 462 valence electrons. The zero-order valence-electron chi connectivity index (χ0n) is 51.2. The van der Waals surface area contributed by atoms with Crippen LogP contribution in [0.3, 0.4) is 0 Å². The lowest BCUT2D eigenvalue weighted by Gasteiger charge is -2.41. The van der Waals surface area contributed by atoms with E-state index >= 15 is 0 Å². The number of amides is 8. The predicted molar refractivity (Wildman–Crippen MR) is 314 cm³/mol. The van der Waals surface area contributed by atoms with Crippen molar-refractivity contribution in [2.75, 3.05) is 60.3 Å². The highest BCUT2D eigenvalue weighted by Crippen LogP contribution is 2.30. The number of carbonyl (C=O) groups excluding carboxylic acids is 8. The van der Waals surface area contributed by atoms with Crippen molar-refractivity contribution in [3.8, 4) is 0 Å². The Bertz CT molecular complexity index is 2450. The SMILES string of the molecule is CC[C@H](C)[C@@H]([C@@H](CC(=O)N1CCC[C@H]1[C@H](OC)[C@@H](C)C(=O)N[C@@H](Cc1ccccc1)C(=O)NOCc1ccc(NC(=O)[C@@H](C)NC(=O)CCCC(=O)N2CCC(C(=O)O)CC2)cc1)OC)N(C)C(=O)[C@@H](NC(=O)C(C(C)C)N(C)C)C(C)C. The van der Waals surface area contributed by atoms with Crippen LogP contribution in [0.4, 0.5) is 5.69 Å². The summed E-state index contributed by atoms with van der Waals surface area (Å²) in [6.45, 7) is 16.1. The molecule has 2 aliphatic rings. The minimum atomic E-state index is -1.07. The lowest BCUT2D eigenvalue weighted by Crippen LogP contribution is -2.59. The zero-order valence-corrected chi connectivity index (χ0v) is 51.2. The minimum absolute atomic E-state index is 0.00414. The molecule has 0 spiro atoms. The van der Waals surface area contributed by atoms with Crippen LogP contribution in [0.25, 0.3) is 0 Å². The molecule has 22 heteroatoms. The van der Waals surface area contributed by atoms with Gasteiger partial charge in [0.2, 0.25) is 41.4 Å². The lowest BCUT2D eigenvalue weighted by molar-refractivity contribution is -0.148. The number of likely N-dealkylation sites (N-methyl/N-ethyl adjacent to an activating group) is 2. The third-order valence-corrected chi connectivity index (χ3v) is 16.3. The van der Waals surface area contributed by atoms with E-state index in [-0.39, 0.29) is 86.0 Å². The van der Waals surface area contributed by atoms with Crippen molar-refractivity contribution in [1.29, 1.82) is 0 Å². The van der Waals surface area contributed by atoms with Gasteiger partial charge in [0.15, 0.2) is 0 Å². The molecule has 0 radical (unpaired) electrons. The number of nitrogens with zero attached hydrogens (tertiary/aromatic N) is 4. The fourth-order valence-corrected chi connectivity index (χ4v) is 11.3. The fraction of sp³-hybridized carbons (Fsp3) is 0.656. The number of carboxylic acid groups (broad SMARTS) is 1. The van der Waals surface area contributed by atoms with Crippen molar-refractivity contribution in [1.82, 2.24) is 41.0 Å². The minimum Gasteiger partial charge on any atom is -0.481 e. The van der Waals surface area contributed by atoms with E-state index in [1.54, 1.807) is 59.9 Å². The second-order valence-corrected chi connectivity index (χ2v) is 23.3. The van der Waals surface area contributed by atoms with Crippen molar-refractivity contribution in [2.45, 2.75) is 175 Å². The number of rotatable bonds is 32. The Labute approximate surface area is 491 Å². The largest absolute Gasteiger partial charge is 0.481 e. The Hall–Kier alpha value is -6.49. The third kappa shape index (κ3) is 20.4. The smallest absolute Gasteiger partial charge is 0.306 e. The molecule has 2 aliphatic heterocycles. The first kappa shape index (κ1) is 69.0. The Balaban J connectivity index is 1.34. The van der Waals surface area contributed by atoms with Crippen LogP contribution in [0, 0.1) is 29.6 Å². The van der Waals surface area contributed by atoms with E-state index < -0.39 is 84.0 Å². The van der Waals surface area contributed by atoms with Crippen molar-refractivity contribution in [3.63, 3.8) is 0 Å². The molecule has 83 heavy (non-hydrogen) atoms. The number of benzene rings is 2. The van der Waals surface area contributed by atoms with E-state index in [4.69, 9.17) is 14.3 Å². The summed E-state index contributed by atoms with van der Waals surface area (Å²) in [6, 6.07) is 11.7. The van der Waals surface area contributed by atoms with Crippen molar-refractivity contribution >= 4 is 58.9 Å². The highest BCUT2D eigenvalue weighted by Gasteiger charge is 2.44. The van der Waals surface area contributed by atoms with Gasteiger partial charge in [-0.3, -0.25) is 52.9 Å². The molecular weight excluding hydrogens is 1070 g/mol. The summed E-state index contributed by atoms with van der Waals surface area (Å²) in [6.07, 6.45) is 1.80. The first-order chi connectivity index (χ1) is 39.3. The number of carbonyl (C=O) groups is 9. The molecule has 2 saturated heterocycles. The number of nitrogens with one attached hydrogen (secondary N) is 5. The molecule has 10 atom stereocenters. The average Bonchev–Trinajstić information content (AvgIpc) is 4.23. The summed E-state index contributed by atoms with van der Waals surface area (Å²) >= 11 is 0. The van der Waals surface area contributed by atoms with Gasteiger partial charge in [-0.1, -0.05) is 97.4 Å². The maximum Gasteiger partial charge on any atom is 0.306 e. The summed E-state index contributed by atoms with van der Waals surface area (Å²) in [5, 5.41) is 20.6. The molecule has 0 bridgehead atoms. The summed E-state index contributed by atoms with van der Waals surface area (Å²) < 4.78 is 12.1. The maximum atomic E-state index is 14.5. The molecule has 0 aliphatic carbocycles. The van der Waals surface area contributed by atoms with E-state index in [9.17, 15) is 48.3 Å². The second-order valence-electron chi connectivity index (χ2n) is 23.3. The molecule has 6 N–H and O–H groups in total. The monoisotopic (exact) mass is 1160 g/mol. The summed E-state index contributed by atoms with van der Waals surface area (Å²) in [7, 11) is 8.41. The molecule has 0 saturated carbocycles. The summed E-state index contributed by atoms with van der Waals surface area (Å²) in [4.78, 5) is 133. The fourth-order valence-electron chi connectivity index (χ4n) is 11.3. The number of ether oxygens (including phenoxy) is 2. The van der Waals surface area contributed by atoms with Gasteiger partial charge in [0.1, 0.15) is 18.1 Å². The molecule has 2 aromatic carbocycles. The molecule has 8 amide bonds. The van der Waals surface area contributed by atoms with Crippen LogP contribution in [0.15, 0.2) is 54.6 Å². The van der Waals surface area contributed by atoms with Crippen molar-refractivity contribution in [2.24, 2.45) is 29.6 Å². The number of methoxy groups -OCH3 is 2. The lowest BCUT2D eigenvalue weighted by atomic mass is 9.89. The first-order valence-corrected chi connectivity index (χ1v) is 29.4. The number of aliphatic carboxylic acids is 1. The molecular formula is C61H95N9O13. The van der Waals surface area contributed by atoms with Gasteiger partial charge in [-0.15, -0.1) is 0 Å². The van der Waals surface area contributed by atoms with E-state index in [0.717, 1.165) is 5.56 Å². The van der Waals surface area contributed by atoms with E-state index in [1.165, 1.54) is 14.2 Å². The van der Waals surface area contributed by atoms with Gasteiger partial charge in [0.25, 0.3) is 5.91 Å². The van der Waals surface area contributed by atoms with Crippen LogP contribution in [0.2, 0.25) is 0 Å². The number of hydrogen-bond acceptors (Lipinski definition) is 13. The van der Waals surface area contributed by atoms with E-state index in [2.05, 4.69) is 26.7 Å². The van der Waals surface area contributed by atoms with Crippen molar-refractivity contribution in [3.05, 3.63) is 65.7 Å². The molecule has 1 unspecified atom stereocenters. The van der Waals surface area contributed by atoms with Gasteiger partial charge >= 0.3 is 5.97 Å². The quantitative estimate of drug-likeness (QED) is 0.0549. The highest BCUT2D eigenvalue weighted by atomic mass is 16.7. The van der Waals surface area contributed by atoms with Gasteiger partial charge in [0, 0.05) is 65.9 Å². The topological polar surface area (TPSA) is 275 Å². The van der Waals surface area contributed by atoms with Gasteiger partial charge < -0.3 is 50.5 Å². The van der Waals surface area contributed by atoms with Gasteiger partial charge in [-0.25, -0.2) is 5.48 Å². The van der Waals surface area contributed by atoms with Crippen LogP contribution in [0.1, 0.15) is 124 Å². The second kappa shape index (κ2) is 33.7. The van der Waals surface area contributed by atoms with Crippen LogP contribution in [-0.2, 0) is 70.5 Å². The molecule has 2 aromatic rings. The van der Waals surface area contributed by atoms with Crippen molar-refractivity contribution < 1.29 is 62.6 Å². The van der Waals surface area contributed by atoms with Crippen LogP contribution < -0.4 is 26.7 Å². The predicted octanol–water partition coefficient (Wildman–Crippen LogP) is 4.55. The van der Waals surface area contributed by atoms with E-state index in [1.807, 2.05) is 90.9 Å². The van der Waals surface area contributed by atoms with Crippen LogP contribution in [0.5, 0.6) is 0 Å². The third-order valence-electron chi connectivity index (χ3n) is 16.3. The van der Waals surface area contributed by atoms with Crippen LogP contribution >= 0.6 is 0 Å². The number of piperidine rings is 1. The Kier molecular flexibility index (Phi) is 28.0. The Morgan fingerprint density at radius 2 is 1.36 bits per heavy atom. The number of likely N-dealkylation sites (tertiary alicyclic amines) is 2. The number of anilines is 1. The normalized spacial score (nSPS) is 18.0. The first-order valence-electron chi connectivity index (χ1n) is 29.4. The average molecular weight is 1160 g/mol. The highest BCUT2D eigenvalue weighted by molar-refractivity contribution is 5.97. The molecule has 0 aromatic heterocycles. The molecule has 22 nitrogen and oxygen atoms in total. The standard InChI is InChI=1S/C61H95N9O13/c1-14-39(6)54(68(11)60(78)52(37(2)3)65-59(77)53(38(4)5)67(9)10)48(81-12)35-51(73)70-31-19-22-47(70)55(82-13)40(7)56(74)64-46(34-42-20-16-15-17-21-42)58(76)66-83-36-43-25-27-45(28-26-43)63-57(75)41(8)62-49(71)23-18-24-50(72)69-32-29-44(30-33-69)61(79)80/h15-17,20-21,25-28,37-41,44,46-48,52-55H,14,18-19,22-24,29-36H2,1-13H3,(H,62,71)(H,63,75)(H,64,74)(H,65,77)(H,66,76)(H,79,80)/t39-,40+,41+,46-,47-,48+,52-,53?,54-,55+/m0/s1. The molecule has 4 rings (SSSR count). The Morgan fingerprint density at radius 1 is 0.711 bits per heavy atom. The van der Waals surface area contributed by atoms with Gasteiger partial charge in [0.05, 0.1) is 55.2 Å².